The molecule has 0 amide bonds. The molecule has 5 N–H and O–H groups in total. The number of hydrogen-bond donors (Lipinski definition) is 5. The van der Waals surface area contributed by atoms with Crippen molar-refractivity contribution in [1.29, 1.82) is 0 Å². The lowest BCUT2D eigenvalue weighted by molar-refractivity contribution is -0.180. The van der Waals surface area contributed by atoms with E-state index in [0.717, 1.165) is 48.2 Å². The maximum atomic E-state index is 12.3. The average Bonchev–Trinajstić information content (AvgIpc) is 3.32. The summed E-state index contributed by atoms with van der Waals surface area (Å²) >= 11 is 0. The minimum Gasteiger partial charge on any atom is -0.396 e. The van der Waals surface area contributed by atoms with Gasteiger partial charge in [-0.3, -0.25) is 4.79 Å². The second kappa shape index (κ2) is 18.2. The van der Waals surface area contributed by atoms with Crippen molar-refractivity contribution in [1.82, 2.24) is 5.32 Å². The van der Waals surface area contributed by atoms with Crippen molar-refractivity contribution in [3.63, 3.8) is 0 Å². The van der Waals surface area contributed by atoms with Crippen LogP contribution < -0.4 is 5.32 Å². The fourth-order valence-electron chi connectivity index (χ4n) is 7.76. The van der Waals surface area contributed by atoms with E-state index < -0.39 is 17.1 Å². The Morgan fingerprint density at radius 3 is 2.53 bits per heavy atom. The first kappa shape index (κ1) is 37.4. The van der Waals surface area contributed by atoms with Crippen molar-refractivity contribution in [2.24, 2.45) is 23.2 Å². The van der Waals surface area contributed by atoms with E-state index in [2.05, 4.69) is 38.7 Å². The number of aliphatic hydroxyl groups excluding tert-OH is 3. The van der Waals surface area contributed by atoms with Crippen LogP contribution >= 0.6 is 0 Å². The molecule has 1 spiro atoms. The highest BCUT2D eigenvalue weighted by molar-refractivity contribution is 5.74. The molecule has 244 valence electrons. The topological polar surface area (TPSA) is 110 Å². The van der Waals surface area contributed by atoms with Crippen molar-refractivity contribution in [2.45, 2.75) is 116 Å². The van der Waals surface area contributed by atoms with E-state index in [4.69, 9.17) is 0 Å². The highest BCUT2D eigenvalue weighted by Gasteiger charge is 2.65. The summed E-state index contributed by atoms with van der Waals surface area (Å²) in [7, 11) is 1.86. The molecule has 2 saturated carbocycles. The minimum atomic E-state index is -1.14. The Kier molecular flexibility index (Phi) is 15.8. The first-order chi connectivity index (χ1) is 20.5. The van der Waals surface area contributed by atoms with E-state index >= 15 is 0 Å². The Morgan fingerprint density at radius 2 is 1.91 bits per heavy atom. The highest BCUT2D eigenvalue weighted by Crippen LogP contribution is 2.63. The van der Waals surface area contributed by atoms with Crippen LogP contribution in [-0.4, -0.2) is 65.2 Å². The Labute approximate surface area is 261 Å². The summed E-state index contributed by atoms with van der Waals surface area (Å²) < 4.78 is 0. The van der Waals surface area contributed by atoms with Gasteiger partial charge < -0.3 is 25.7 Å². The summed E-state index contributed by atoms with van der Waals surface area (Å²) in [5, 5.41) is 47.7. The largest absolute Gasteiger partial charge is 0.396 e. The van der Waals surface area contributed by atoms with Crippen LogP contribution in [0.2, 0.25) is 0 Å². The van der Waals surface area contributed by atoms with Gasteiger partial charge in [-0.1, -0.05) is 67.9 Å². The first-order valence-corrected chi connectivity index (χ1v) is 16.6. The molecule has 0 saturated heterocycles. The van der Waals surface area contributed by atoms with E-state index in [-0.39, 0.29) is 25.0 Å². The molecule has 2 aliphatic carbocycles. The first-order valence-electron chi connectivity index (χ1n) is 16.6. The molecule has 2 rings (SSSR count). The molecule has 0 heterocycles. The molecule has 0 aromatic heterocycles. The third kappa shape index (κ3) is 9.58. The molecular formula is C37H61NO5. The number of aliphatic hydroxyl groups is 4. The fraction of sp³-hybridized carbons (Fsp3) is 0.703. The molecule has 0 bridgehead atoms. The van der Waals surface area contributed by atoms with Gasteiger partial charge in [0, 0.05) is 17.9 Å². The molecular weight excluding hydrogens is 538 g/mol. The smallest absolute Gasteiger partial charge is 0.145 e. The molecule has 0 radical (unpaired) electrons. The SMILES string of the molecule is C=C(/C=C/C=C(/CO)[C@@H]1CC[C@]2([C@@H]1O)[C@@H](CCCO)/C(=C(/C)C=O)CC[C@]2(O)CCNC)CC/C=C(\C)CCCC(C)C. The molecule has 0 aromatic carbocycles. The Morgan fingerprint density at radius 1 is 1.16 bits per heavy atom. The Bertz CT molecular complexity index is 1020. The van der Waals surface area contributed by atoms with Gasteiger partial charge in [-0.2, -0.15) is 0 Å². The molecule has 5 atom stereocenters. The third-order valence-corrected chi connectivity index (χ3v) is 10.2. The van der Waals surface area contributed by atoms with E-state index in [9.17, 15) is 25.2 Å². The van der Waals surface area contributed by atoms with Gasteiger partial charge in [0.1, 0.15) is 6.29 Å². The summed E-state index contributed by atoms with van der Waals surface area (Å²) in [4.78, 5) is 11.9. The van der Waals surface area contributed by atoms with E-state index in [1.165, 1.54) is 18.4 Å². The summed E-state index contributed by atoms with van der Waals surface area (Å²) in [6, 6.07) is 0. The van der Waals surface area contributed by atoms with Crippen molar-refractivity contribution < 1.29 is 25.2 Å². The monoisotopic (exact) mass is 599 g/mol. The van der Waals surface area contributed by atoms with Gasteiger partial charge in [-0.25, -0.2) is 0 Å². The Balaban J connectivity index is 2.27. The molecule has 43 heavy (non-hydrogen) atoms. The second-order valence-corrected chi connectivity index (χ2v) is 13.6. The summed E-state index contributed by atoms with van der Waals surface area (Å²) in [6.45, 7) is 13.2. The summed E-state index contributed by atoms with van der Waals surface area (Å²) in [6.07, 6.45) is 17.4. The van der Waals surface area contributed by atoms with Crippen molar-refractivity contribution in [3.8, 4) is 0 Å². The number of aldehydes is 1. The van der Waals surface area contributed by atoms with E-state index in [1.54, 1.807) is 0 Å². The zero-order valence-electron chi connectivity index (χ0n) is 27.7. The van der Waals surface area contributed by atoms with Crippen molar-refractivity contribution in [3.05, 3.63) is 58.7 Å². The molecule has 2 fully saturated rings. The maximum absolute atomic E-state index is 12.3. The third-order valence-electron chi connectivity index (χ3n) is 10.2. The van der Waals surface area contributed by atoms with E-state index in [1.807, 2.05) is 32.2 Å². The summed E-state index contributed by atoms with van der Waals surface area (Å²) in [5.74, 6) is 0.205. The lowest BCUT2D eigenvalue weighted by Crippen LogP contribution is -2.61. The van der Waals surface area contributed by atoms with Crippen molar-refractivity contribution in [2.75, 3.05) is 26.8 Å². The van der Waals surface area contributed by atoms with Crippen LogP contribution in [0.15, 0.2) is 58.7 Å². The molecule has 0 unspecified atom stereocenters. The van der Waals surface area contributed by atoms with Crippen LogP contribution in [0, 0.1) is 23.2 Å². The van der Waals surface area contributed by atoms with Crippen LogP contribution in [0.3, 0.4) is 0 Å². The number of nitrogens with one attached hydrogen (secondary N) is 1. The van der Waals surface area contributed by atoms with Crippen LogP contribution in [0.4, 0.5) is 0 Å². The minimum absolute atomic E-state index is 0.0123. The Hall–Kier alpha value is -1.83. The fourth-order valence-corrected chi connectivity index (χ4v) is 7.76. The quantitative estimate of drug-likeness (QED) is 0.0542. The van der Waals surface area contributed by atoms with Gasteiger partial charge >= 0.3 is 0 Å². The number of rotatable bonds is 18. The van der Waals surface area contributed by atoms with Gasteiger partial charge in [0.15, 0.2) is 0 Å². The van der Waals surface area contributed by atoms with Gasteiger partial charge in [0.2, 0.25) is 0 Å². The van der Waals surface area contributed by atoms with Gasteiger partial charge in [-0.15, -0.1) is 0 Å². The molecule has 6 nitrogen and oxygen atoms in total. The molecule has 2 aliphatic rings. The molecule has 6 heteroatoms. The van der Waals surface area contributed by atoms with Crippen LogP contribution in [0.25, 0.3) is 0 Å². The molecule has 0 aliphatic heterocycles. The lowest BCUT2D eigenvalue weighted by Gasteiger charge is -2.57. The average molecular weight is 600 g/mol. The number of carbonyl (C=O) groups is 1. The zero-order valence-corrected chi connectivity index (χ0v) is 27.7. The van der Waals surface area contributed by atoms with Crippen LogP contribution in [0.5, 0.6) is 0 Å². The van der Waals surface area contributed by atoms with Crippen LogP contribution in [-0.2, 0) is 4.79 Å². The van der Waals surface area contributed by atoms with Gasteiger partial charge in [0.05, 0.1) is 18.3 Å². The maximum Gasteiger partial charge on any atom is 0.145 e. The molecule has 0 aromatic rings. The second-order valence-electron chi connectivity index (χ2n) is 13.6. The summed E-state index contributed by atoms with van der Waals surface area (Å²) in [5.41, 5.74) is 2.83. The predicted octanol–water partition coefficient (Wildman–Crippen LogP) is 6.37. The highest BCUT2D eigenvalue weighted by atomic mass is 16.3. The van der Waals surface area contributed by atoms with Gasteiger partial charge in [0.25, 0.3) is 0 Å². The van der Waals surface area contributed by atoms with E-state index in [0.29, 0.717) is 57.1 Å². The van der Waals surface area contributed by atoms with Gasteiger partial charge in [-0.05, 0) is 121 Å². The zero-order chi connectivity index (χ0) is 32.0. The number of allylic oxidation sites excluding steroid dienone is 8. The lowest BCUT2D eigenvalue weighted by atomic mass is 9.51. The normalized spacial score (nSPS) is 29.7. The number of hydrogen-bond acceptors (Lipinski definition) is 6. The predicted molar refractivity (Wildman–Crippen MR) is 178 cm³/mol. The van der Waals surface area contributed by atoms with Crippen molar-refractivity contribution >= 4 is 6.29 Å². The number of carbonyl (C=O) groups excluding carboxylic acids is 1. The standard InChI is InChI=1S/C37H61NO5/c1-27(2)11-7-12-28(3)13-8-14-29(4)15-9-16-31(26-41)33-19-21-37(35(33)42)34(17-10-24-39)32(30(5)25-40)18-20-36(37,43)22-23-38-6/h9,13,15-16,25,27,33-35,38-39,41-43H,4,7-8,10-12,14,17-24,26H2,1-3,5-6H3/b15-9+,28-13+,31-16-,32-30-/t33-,34-,35+,36-,37+/m0/s1. The van der Waals surface area contributed by atoms with Crippen LogP contribution in [0.1, 0.15) is 105 Å².